The molecule has 0 fully saturated rings. The van der Waals surface area contributed by atoms with E-state index in [0.717, 1.165) is 5.56 Å². The maximum Gasteiger partial charge on any atom is 0.326 e. The van der Waals surface area contributed by atoms with Crippen molar-refractivity contribution < 1.29 is 29.1 Å². The van der Waals surface area contributed by atoms with Gasteiger partial charge in [0.2, 0.25) is 23.6 Å². The number of aliphatic imine (C=N–C) groups is 1. The number of amides is 4. The Hall–Kier alpha value is -4.20. The molecular formula is C26H42N8O6. The molecule has 4 amide bonds. The molecule has 0 aliphatic rings. The van der Waals surface area contributed by atoms with Crippen molar-refractivity contribution in [2.45, 2.75) is 76.5 Å². The molecule has 4 atom stereocenters. The zero-order valence-corrected chi connectivity index (χ0v) is 23.0. The molecule has 4 unspecified atom stereocenters. The van der Waals surface area contributed by atoms with Gasteiger partial charge in [-0.2, -0.15) is 0 Å². The first kappa shape index (κ1) is 33.8. The van der Waals surface area contributed by atoms with Gasteiger partial charge in [-0.15, -0.1) is 0 Å². The number of rotatable bonds is 18. The van der Waals surface area contributed by atoms with Crippen LogP contribution in [0.3, 0.4) is 0 Å². The summed E-state index contributed by atoms with van der Waals surface area (Å²) in [4.78, 5) is 65.8. The molecule has 0 radical (unpaired) electrons. The van der Waals surface area contributed by atoms with Gasteiger partial charge in [-0.05, 0) is 43.6 Å². The Morgan fingerprint density at radius 1 is 0.850 bits per heavy atom. The lowest BCUT2D eigenvalue weighted by Crippen LogP contribution is -2.57. The Morgan fingerprint density at radius 2 is 1.43 bits per heavy atom. The summed E-state index contributed by atoms with van der Waals surface area (Å²) in [7, 11) is 0. The number of nitrogens with one attached hydrogen (secondary N) is 3. The molecule has 0 aromatic heterocycles. The highest BCUT2D eigenvalue weighted by Crippen LogP contribution is 2.09. The predicted molar refractivity (Wildman–Crippen MR) is 149 cm³/mol. The third kappa shape index (κ3) is 13.6. The molecule has 0 saturated carbocycles. The van der Waals surface area contributed by atoms with E-state index in [1.165, 1.54) is 0 Å². The van der Waals surface area contributed by atoms with E-state index in [1.807, 2.05) is 44.2 Å². The van der Waals surface area contributed by atoms with Crippen LogP contribution in [0.15, 0.2) is 35.3 Å². The van der Waals surface area contributed by atoms with Gasteiger partial charge < -0.3 is 44.0 Å². The van der Waals surface area contributed by atoms with Crippen molar-refractivity contribution in [3.05, 3.63) is 35.9 Å². The number of carbonyl (C=O) groups excluding carboxylic acids is 4. The fourth-order valence-corrected chi connectivity index (χ4v) is 3.80. The van der Waals surface area contributed by atoms with Gasteiger partial charge in [-0.25, -0.2) is 4.79 Å². The van der Waals surface area contributed by atoms with Crippen molar-refractivity contribution in [2.75, 3.05) is 6.54 Å². The van der Waals surface area contributed by atoms with Crippen LogP contribution in [0.5, 0.6) is 0 Å². The predicted octanol–water partition coefficient (Wildman–Crippen LogP) is -1.54. The molecule has 40 heavy (non-hydrogen) atoms. The topological polar surface area (TPSA) is 258 Å². The van der Waals surface area contributed by atoms with Crippen LogP contribution in [0, 0.1) is 5.92 Å². The third-order valence-corrected chi connectivity index (χ3v) is 5.85. The van der Waals surface area contributed by atoms with Crippen LogP contribution in [0.25, 0.3) is 0 Å². The van der Waals surface area contributed by atoms with Crippen LogP contribution in [0.1, 0.15) is 51.5 Å². The quantitative estimate of drug-likeness (QED) is 0.0585. The second-order valence-corrected chi connectivity index (χ2v) is 9.90. The fourth-order valence-electron chi connectivity index (χ4n) is 3.80. The van der Waals surface area contributed by atoms with Gasteiger partial charge in [0.15, 0.2) is 5.96 Å². The Labute approximate surface area is 233 Å². The van der Waals surface area contributed by atoms with Crippen LogP contribution in [0.2, 0.25) is 0 Å². The summed E-state index contributed by atoms with van der Waals surface area (Å²) in [5, 5.41) is 17.1. The van der Waals surface area contributed by atoms with Gasteiger partial charge in [0.05, 0.1) is 6.04 Å². The van der Waals surface area contributed by atoms with E-state index < -0.39 is 53.8 Å². The molecule has 222 valence electrons. The van der Waals surface area contributed by atoms with Gasteiger partial charge in [-0.1, -0.05) is 44.2 Å². The normalized spacial score (nSPS) is 13.8. The Morgan fingerprint density at radius 3 is 1.98 bits per heavy atom. The summed E-state index contributed by atoms with van der Waals surface area (Å²) in [6.45, 7) is 3.89. The number of carboxylic acid groups (broad SMARTS) is 1. The number of hydrogen-bond acceptors (Lipinski definition) is 7. The molecule has 14 heteroatoms. The number of hydrogen-bond donors (Lipinski definition) is 8. The smallest absolute Gasteiger partial charge is 0.326 e. The number of carboxylic acids is 1. The monoisotopic (exact) mass is 562 g/mol. The Kier molecular flexibility index (Phi) is 14.7. The number of carbonyl (C=O) groups is 5. The van der Waals surface area contributed by atoms with Gasteiger partial charge in [0.25, 0.3) is 0 Å². The van der Waals surface area contributed by atoms with Crippen molar-refractivity contribution in [1.29, 1.82) is 0 Å². The molecule has 0 bridgehead atoms. The summed E-state index contributed by atoms with van der Waals surface area (Å²) >= 11 is 0. The highest BCUT2D eigenvalue weighted by molar-refractivity contribution is 5.94. The van der Waals surface area contributed by atoms with Crippen molar-refractivity contribution >= 4 is 35.6 Å². The zero-order valence-electron chi connectivity index (χ0n) is 23.0. The Bertz CT molecular complexity index is 1030. The molecule has 0 heterocycles. The first-order valence-electron chi connectivity index (χ1n) is 13.1. The van der Waals surface area contributed by atoms with Gasteiger partial charge >= 0.3 is 5.97 Å². The number of aliphatic carboxylic acids is 1. The molecule has 0 saturated heterocycles. The largest absolute Gasteiger partial charge is 0.480 e. The maximum absolute atomic E-state index is 13.3. The first-order valence-corrected chi connectivity index (χ1v) is 13.1. The second-order valence-electron chi connectivity index (χ2n) is 9.90. The second kappa shape index (κ2) is 17.4. The van der Waals surface area contributed by atoms with Crippen molar-refractivity contribution in [1.82, 2.24) is 16.0 Å². The SMILES string of the molecule is CC(C)CC(NC(=O)C(N)Cc1ccccc1)C(=O)NC(CCCN=C(N)N)C(=O)NC(CCC(N)=O)C(=O)O. The molecule has 0 aliphatic heterocycles. The van der Waals surface area contributed by atoms with Crippen LogP contribution in [0.4, 0.5) is 0 Å². The molecule has 1 rings (SSSR count). The average Bonchev–Trinajstić information content (AvgIpc) is 2.87. The molecule has 1 aromatic rings. The van der Waals surface area contributed by atoms with Crippen molar-refractivity contribution in [2.24, 2.45) is 33.8 Å². The summed E-state index contributed by atoms with van der Waals surface area (Å²) < 4.78 is 0. The highest BCUT2D eigenvalue weighted by atomic mass is 16.4. The molecule has 14 nitrogen and oxygen atoms in total. The number of primary amides is 1. The Balaban J connectivity index is 3.03. The van der Waals surface area contributed by atoms with Gasteiger partial charge in [0.1, 0.15) is 18.1 Å². The lowest BCUT2D eigenvalue weighted by atomic mass is 10.0. The highest BCUT2D eigenvalue weighted by Gasteiger charge is 2.30. The van der Waals surface area contributed by atoms with E-state index in [9.17, 15) is 29.1 Å². The van der Waals surface area contributed by atoms with E-state index in [-0.39, 0.29) is 56.9 Å². The molecule has 1 aromatic carbocycles. The van der Waals surface area contributed by atoms with E-state index in [4.69, 9.17) is 22.9 Å². The van der Waals surface area contributed by atoms with Crippen LogP contribution in [-0.2, 0) is 30.4 Å². The maximum atomic E-state index is 13.3. The van der Waals surface area contributed by atoms with Crippen LogP contribution >= 0.6 is 0 Å². The minimum absolute atomic E-state index is 0.000677. The van der Waals surface area contributed by atoms with E-state index in [0.29, 0.717) is 0 Å². The first-order chi connectivity index (χ1) is 18.8. The summed E-state index contributed by atoms with van der Waals surface area (Å²) in [5.74, 6) is -4.19. The number of guanidine groups is 1. The van der Waals surface area contributed by atoms with Gasteiger partial charge in [-0.3, -0.25) is 24.2 Å². The molecule has 0 spiro atoms. The molecule has 0 aliphatic carbocycles. The van der Waals surface area contributed by atoms with E-state index >= 15 is 0 Å². The van der Waals surface area contributed by atoms with Crippen LogP contribution in [-0.4, -0.2) is 71.4 Å². The van der Waals surface area contributed by atoms with E-state index in [2.05, 4.69) is 20.9 Å². The van der Waals surface area contributed by atoms with Crippen LogP contribution < -0.4 is 38.9 Å². The molecular weight excluding hydrogens is 520 g/mol. The summed E-state index contributed by atoms with van der Waals surface area (Å²) in [6.07, 6.45) is 0.375. The minimum Gasteiger partial charge on any atom is -0.480 e. The van der Waals surface area contributed by atoms with Gasteiger partial charge in [0, 0.05) is 13.0 Å². The number of nitrogens with two attached hydrogens (primary N) is 4. The number of nitrogens with zero attached hydrogens (tertiary/aromatic N) is 1. The average molecular weight is 563 g/mol. The van der Waals surface area contributed by atoms with E-state index in [1.54, 1.807) is 0 Å². The number of benzene rings is 1. The summed E-state index contributed by atoms with van der Waals surface area (Å²) in [6, 6.07) is 4.68. The lowest BCUT2D eigenvalue weighted by Gasteiger charge is -2.26. The van der Waals surface area contributed by atoms with Crippen molar-refractivity contribution in [3.8, 4) is 0 Å². The molecule has 12 N–H and O–H groups in total. The summed E-state index contributed by atoms with van der Waals surface area (Å²) in [5.41, 5.74) is 22.7. The standard InChI is InChI=1S/C26H42N8O6/c1-15(2)13-20(34-22(36)17(27)14-16-7-4-3-5-8-16)24(38)32-18(9-6-12-31-26(29)30)23(37)33-19(25(39)40)10-11-21(28)35/h3-5,7-8,15,17-20H,6,9-14,27H2,1-2H3,(H2,28,35)(H,32,38)(H,33,37)(H,34,36)(H,39,40)(H4,29,30,31). The third-order valence-electron chi connectivity index (χ3n) is 5.85. The minimum atomic E-state index is -1.40. The van der Waals surface area contributed by atoms with Crippen molar-refractivity contribution in [3.63, 3.8) is 0 Å². The lowest BCUT2D eigenvalue weighted by molar-refractivity contribution is -0.142. The zero-order chi connectivity index (χ0) is 30.2. The fraction of sp³-hybridized carbons (Fsp3) is 0.538.